The van der Waals surface area contributed by atoms with Crippen LogP contribution in [0.2, 0.25) is 0 Å². The molecule has 6 heteroatoms. The van der Waals surface area contributed by atoms with Crippen LogP contribution in [0, 0.1) is 0 Å². The summed E-state index contributed by atoms with van der Waals surface area (Å²) in [6.45, 7) is 2.85. The molecule has 1 radical (unpaired) electrons. The molecule has 3 aromatic carbocycles. The predicted molar refractivity (Wildman–Crippen MR) is 144 cm³/mol. The van der Waals surface area contributed by atoms with Crippen molar-refractivity contribution in [2.24, 2.45) is 0 Å². The summed E-state index contributed by atoms with van der Waals surface area (Å²) in [7, 11) is -2.39. The Hall–Kier alpha value is -3.57. The van der Waals surface area contributed by atoms with Crippen molar-refractivity contribution in [3.63, 3.8) is 0 Å². The smallest absolute Gasteiger partial charge is 0.182 e. The van der Waals surface area contributed by atoms with Gasteiger partial charge in [-0.05, 0) is 52.0 Å². The van der Waals surface area contributed by atoms with Crippen LogP contribution in [0.3, 0.4) is 0 Å². The van der Waals surface area contributed by atoms with E-state index in [1.54, 1.807) is 0 Å². The number of hydrogen-bond donors (Lipinski definition) is 1. The Balaban J connectivity index is 0.000000297. The van der Waals surface area contributed by atoms with Gasteiger partial charge in [0.1, 0.15) is 0 Å². The van der Waals surface area contributed by atoms with Gasteiger partial charge in [0.25, 0.3) is 0 Å². The van der Waals surface area contributed by atoms with Gasteiger partial charge in [-0.15, -0.1) is 11.2 Å². The van der Waals surface area contributed by atoms with Crippen LogP contribution < -0.4 is 25.7 Å². The molecule has 0 aliphatic carbocycles. The first-order valence-corrected chi connectivity index (χ1v) is 13.6. The number of fused-ring (bicyclic) bond motifs is 12. The molecule has 2 aliphatic heterocycles. The van der Waals surface area contributed by atoms with Gasteiger partial charge in [0.05, 0.1) is 5.76 Å². The Bertz CT molecular complexity index is 1620. The van der Waals surface area contributed by atoms with E-state index in [0.29, 0.717) is 0 Å². The number of aliphatic hydroxyl groups excluding tert-OH is 1. The monoisotopic (exact) mass is 664 g/mol. The first-order valence-electron chi connectivity index (χ1n) is 11.6. The van der Waals surface area contributed by atoms with E-state index < -0.39 is 8.07 Å². The molecule has 1 N–H and O–H groups in total. The fraction of sp³-hybridized carbons (Fsp3) is 0.0667. The molecule has 36 heavy (non-hydrogen) atoms. The molecule has 2 aromatic heterocycles. The first-order chi connectivity index (χ1) is 17.0. The number of allylic oxidation sites excluding steroid dienone is 2. The number of hydrogen-bond acceptors (Lipinski definition) is 3. The van der Waals surface area contributed by atoms with E-state index in [-0.39, 0.29) is 31.6 Å². The van der Waals surface area contributed by atoms with Crippen molar-refractivity contribution < 1.29 is 30.0 Å². The Labute approximate surface area is 224 Å². The maximum absolute atomic E-state index is 10.0. The molecular formula is C30H23IrN2O2Si-. The molecule has 0 bridgehead atoms. The van der Waals surface area contributed by atoms with Gasteiger partial charge in [-0.1, -0.05) is 84.0 Å². The zero-order chi connectivity index (χ0) is 24.2. The van der Waals surface area contributed by atoms with E-state index >= 15 is 0 Å². The molecule has 1 spiro atoms. The third kappa shape index (κ3) is 3.37. The van der Waals surface area contributed by atoms with Gasteiger partial charge in [-0.25, -0.2) is 0 Å². The van der Waals surface area contributed by atoms with Crippen molar-refractivity contribution in [3.05, 3.63) is 103 Å². The van der Waals surface area contributed by atoms with Crippen LogP contribution in [0.15, 0.2) is 103 Å². The molecule has 4 heterocycles. The van der Waals surface area contributed by atoms with E-state index in [4.69, 9.17) is 15.1 Å². The summed E-state index contributed by atoms with van der Waals surface area (Å²) in [4.78, 5) is 19.9. The zero-order valence-electron chi connectivity index (χ0n) is 19.8. The second-order valence-electron chi connectivity index (χ2n) is 8.99. The minimum absolute atomic E-state index is 0. The van der Waals surface area contributed by atoms with Crippen molar-refractivity contribution in [2.75, 3.05) is 0 Å². The summed E-state index contributed by atoms with van der Waals surface area (Å²) in [5.41, 5.74) is 6.00. The van der Waals surface area contributed by atoms with Crippen molar-refractivity contribution in [2.45, 2.75) is 13.8 Å². The van der Waals surface area contributed by atoms with Gasteiger partial charge in [0.15, 0.2) is 13.9 Å². The number of nitrogens with zero attached hydrogens (tertiary/aromatic N) is 2. The number of carbonyl (C=O) groups is 1. The summed E-state index contributed by atoms with van der Waals surface area (Å²) >= 11 is 0. The molecule has 4 nitrogen and oxygen atoms in total. The van der Waals surface area contributed by atoms with E-state index in [9.17, 15) is 4.79 Å². The number of ketones is 1. The number of para-hydroxylation sites is 1. The average molecular weight is 664 g/mol. The number of aliphatic hydroxyl groups is 1. The molecule has 179 valence electrons. The van der Waals surface area contributed by atoms with Gasteiger partial charge in [0.2, 0.25) is 0 Å². The van der Waals surface area contributed by atoms with E-state index in [0.717, 1.165) is 16.9 Å². The number of pyridine rings is 1. The number of carbonyl (C=O) groups excluding carboxylic acids is 1. The van der Waals surface area contributed by atoms with Gasteiger partial charge in [0, 0.05) is 38.1 Å². The Morgan fingerprint density at radius 2 is 1.42 bits per heavy atom. The summed E-state index contributed by atoms with van der Waals surface area (Å²) in [5, 5.41) is 15.4. The molecule has 0 amide bonds. The average Bonchev–Trinajstić information content (AvgIpc) is 3.47. The Morgan fingerprint density at radius 3 is 2.03 bits per heavy atom. The Morgan fingerprint density at radius 1 is 0.833 bits per heavy atom. The largest absolute Gasteiger partial charge is 0.656 e. The molecule has 0 saturated carbocycles. The van der Waals surface area contributed by atoms with Crippen LogP contribution in [-0.4, -0.2) is 23.9 Å². The normalized spacial score (nSPS) is 13.7. The van der Waals surface area contributed by atoms with Crippen LogP contribution in [0.1, 0.15) is 13.8 Å². The maximum atomic E-state index is 10.0. The van der Waals surface area contributed by atoms with Gasteiger partial charge < -0.3 is 10.1 Å². The van der Waals surface area contributed by atoms with E-state index in [1.165, 1.54) is 57.2 Å². The predicted octanol–water partition coefficient (Wildman–Crippen LogP) is 3.56. The molecule has 0 fully saturated rings. The van der Waals surface area contributed by atoms with Crippen molar-refractivity contribution in [3.8, 4) is 22.5 Å². The number of benzene rings is 3. The maximum Gasteiger partial charge on any atom is 0.182 e. The summed E-state index contributed by atoms with van der Waals surface area (Å²) < 4.78 is 0. The molecule has 2 aliphatic rings. The molecule has 0 unspecified atom stereocenters. The van der Waals surface area contributed by atoms with E-state index in [2.05, 4.69) is 84.9 Å². The van der Waals surface area contributed by atoms with Gasteiger partial charge in [-0.3, -0.25) is 9.78 Å². The summed E-state index contributed by atoms with van der Waals surface area (Å²) in [6, 6.07) is 30.9. The standard InChI is InChI=1S/C25H15N2Si.C5H8O2.Ir/c1-4-11-19-18(10-1)25-24(27-19)23-22(14-7-15-26-23)28(25)20-12-5-2-8-16(20)17-9-3-6-13-21(17)28;1-4(6)3-5(2)7;/h1-15H;3,6H,1-2H3;/q-1;;/b;4-3-;. The summed E-state index contributed by atoms with van der Waals surface area (Å²) in [6.07, 6.45) is 3.07. The van der Waals surface area contributed by atoms with E-state index in [1.807, 2.05) is 6.20 Å². The van der Waals surface area contributed by atoms with Crippen molar-refractivity contribution in [1.29, 1.82) is 0 Å². The topological polar surface area (TPSA) is 64.3 Å². The summed E-state index contributed by atoms with van der Waals surface area (Å²) in [5.74, 6) is -0.0625. The van der Waals surface area contributed by atoms with Crippen molar-refractivity contribution >= 4 is 45.5 Å². The quantitative estimate of drug-likeness (QED) is 0.166. The van der Waals surface area contributed by atoms with Crippen LogP contribution in [-0.2, 0) is 24.9 Å². The van der Waals surface area contributed by atoms with Crippen molar-refractivity contribution in [1.82, 2.24) is 9.97 Å². The molecule has 5 aromatic rings. The molecule has 0 saturated heterocycles. The van der Waals surface area contributed by atoms with Crippen LogP contribution in [0.5, 0.6) is 0 Å². The SMILES string of the molecule is CC(=O)/C=C(/C)O.[Ir].c1ccc2c(c1)-c1ccccc1[Si]21c2cccnc2-c2[n-]c3ccccc3c21. The second-order valence-corrected chi connectivity index (χ2v) is 12.6. The van der Waals surface area contributed by atoms with Gasteiger partial charge >= 0.3 is 0 Å². The molecule has 0 atom stereocenters. The van der Waals surface area contributed by atoms with Gasteiger partial charge in [-0.2, -0.15) is 0 Å². The number of rotatable bonds is 1. The molecule has 7 rings (SSSR count). The third-order valence-electron chi connectivity index (χ3n) is 6.82. The second kappa shape index (κ2) is 9.14. The minimum atomic E-state index is -2.39. The van der Waals surface area contributed by atoms with Crippen LogP contribution >= 0.6 is 0 Å². The van der Waals surface area contributed by atoms with Crippen LogP contribution in [0.25, 0.3) is 33.4 Å². The minimum Gasteiger partial charge on any atom is -0.656 e. The van der Waals surface area contributed by atoms with Crippen LogP contribution in [0.4, 0.5) is 0 Å². The zero-order valence-corrected chi connectivity index (χ0v) is 23.2. The molecular weight excluding hydrogens is 641 g/mol. The Kier molecular flexibility index (Phi) is 6.13. The fourth-order valence-electron chi connectivity index (χ4n) is 5.76. The first kappa shape index (κ1) is 24.1. The number of aromatic nitrogens is 2. The third-order valence-corrected chi connectivity index (χ3v) is 11.8. The fourth-order valence-corrected chi connectivity index (χ4v) is 11.4.